The van der Waals surface area contributed by atoms with E-state index in [4.69, 9.17) is 0 Å². The molecule has 0 fully saturated rings. The second kappa shape index (κ2) is 5.48. The summed E-state index contributed by atoms with van der Waals surface area (Å²) in [6.07, 6.45) is 0. The monoisotopic (exact) mass is 457 g/mol. The zero-order valence-corrected chi connectivity index (χ0v) is 14.7. The fourth-order valence-corrected chi connectivity index (χ4v) is 5.64. The molecule has 0 aliphatic carbocycles. The average Bonchev–Trinajstić information content (AvgIpc) is 2.62. The largest absolute Gasteiger partial charge is 0.279 e. The maximum absolute atomic E-state index is 12.3. The zero-order valence-electron chi connectivity index (χ0n) is 9.28. The van der Waals surface area contributed by atoms with Crippen molar-refractivity contribution in [3.63, 3.8) is 0 Å². The third-order valence-electron chi connectivity index (χ3n) is 2.25. The summed E-state index contributed by atoms with van der Waals surface area (Å²) in [6, 6.07) is 8.89. The van der Waals surface area contributed by atoms with Crippen LogP contribution in [0.5, 0.6) is 0 Å². The van der Waals surface area contributed by atoms with Crippen molar-refractivity contribution in [2.75, 3.05) is 4.72 Å². The predicted octanol–water partition coefficient (Wildman–Crippen LogP) is 4.22. The number of aryl methyl sites for hydroxylation is 1. The van der Waals surface area contributed by atoms with E-state index in [1.807, 2.05) is 12.1 Å². The van der Waals surface area contributed by atoms with Gasteiger partial charge in [0.1, 0.15) is 4.90 Å². The van der Waals surface area contributed by atoms with Crippen molar-refractivity contribution in [2.24, 2.45) is 0 Å². The summed E-state index contributed by atoms with van der Waals surface area (Å²) in [5, 5.41) is 0. The van der Waals surface area contributed by atoms with Gasteiger partial charge in [0, 0.05) is 8.45 Å². The van der Waals surface area contributed by atoms with Gasteiger partial charge in [-0.25, -0.2) is 8.42 Å². The molecular formula is C11H9BrINO2S2. The number of anilines is 1. The van der Waals surface area contributed by atoms with Gasteiger partial charge in [0.15, 0.2) is 0 Å². The molecule has 1 N–H and O–H groups in total. The Hall–Kier alpha value is -0.120. The lowest BCUT2D eigenvalue weighted by Crippen LogP contribution is -2.13. The van der Waals surface area contributed by atoms with Gasteiger partial charge in [0.25, 0.3) is 10.0 Å². The molecule has 0 atom stereocenters. The molecule has 2 rings (SSSR count). The molecule has 0 bridgehead atoms. The highest BCUT2D eigenvalue weighted by Gasteiger charge is 2.20. The number of hydrogen-bond acceptors (Lipinski definition) is 3. The van der Waals surface area contributed by atoms with Crippen LogP contribution in [0.15, 0.2) is 39.0 Å². The third kappa shape index (κ3) is 3.06. The fourth-order valence-electron chi connectivity index (χ4n) is 1.44. The van der Waals surface area contributed by atoms with E-state index >= 15 is 0 Å². The number of halogens is 2. The highest BCUT2D eigenvalue weighted by Crippen LogP contribution is 2.31. The molecule has 0 aliphatic heterocycles. The first kappa shape index (κ1) is 14.3. The molecule has 18 heavy (non-hydrogen) atoms. The molecule has 0 aliphatic rings. The van der Waals surface area contributed by atoms with Crippen LogP contribution in [0.3, 0.4) is 0 Å². The van der Waals surface area contributed by atoms with Crippen molar-refractivity contribution in [3.8, 4) is 0 Å². The van der Waals surface area contributed by atoms with Crippen molar-refractivity contribution >= 4 is 65.6 Å². The van der Waals surface area contributed by atoms with Crippen molar-refractivity contribution in [1.29, 1.82) is 0 Å². The maximum atomic E-state index is 12.3. The van der Waals surface area contributed by atoms with Crippen LogP contribution in [0.25, 0.3) is 0 Å². The van der Waals surface area contributed by atoms with Gasteiger partial charge in [-0.15, -0.1) is 11.3 Å². The topological polar surface area (TPSA) is 46.2 Å². The molecule has 0 spiro atoms. The molecule has 0 unspecified atom stereocenters. The number of nitrogens with one attached hydrogen (secondary N) is 1. The SMILES string of the molecule is Cc1sc(Br)cc1S(=O)(=O)Nc1ccccc1I. The lowest BCUT2D eigenvalue weighted by Gasteiger charge is -2.09. The van der Waals surface area contributed by atoms with Crippen LogP contribution in [0.2, 0.25) is 0 Å². The van der Waals surface area contributed by atoms with Crippen LogP contribution in [-0.2, 0) is 10.0 Å². The zero-order chi connectivity index (χ0) is 13.3. The minimum Gasteiger partial charge on any atom is -0.279 e. The van der Waals surface area contributed by atoms with Crippen molar-refractivity contribution in [3.05, 3.63) is 42.6 Å². The van der Waals surface area contributed by atoms with Crippen LogP contribution >= 0.6 is 49.9 Å². The smallest absolute Gasteiger partial charge is 0.263 e. The van der Waals surface area contributed by atoms with Gasteiger partial charge in [-0.2, -0.15) is 0 Å². The lowest BCUT2D eigenvalue weighted by atomic mass is 10.3. The number of rotatable bonds is 3. The predicted molar refractivity (Wildman–Crippen MR) is 86.7 cm³/mol. The highest BCUT2D eigenvalue weighted by atomic mass is 127. The van der Waals surface area contributed by atoms with E-state index in [9.17, 15) is 8.42 Å². The molecule has 1 aromatic carbocycles. The molecule has 0 saturated heterocycles. The van der Waals surface area contributed by atoms with Crippen LogP contribution in [0.4, 0.5) is 5.69 Å². The minimum absolute atomic E-state index is 0.319. The van der Waals surface area contributed by atoms with Crippen molar-refractivity contribution in [2.45, 2.75) is 11.8 Å². The highest BCUT2D eigenvalue weighted by molar-refractivity contribution is 14.1. The number of hydrogen-bond donors (Lipinski definition) is 1. The van der Waals surface area contributed by atoms with E-state index in [1.54, 1.807) is 25.1 Å². The first-order valence-corrected chi connectivity index (χ1v) is 9.10. The lowest BCUT2D eigenvalue weighted by molar-refractivity contribution is 0.601. The van der Waals surface area contributed by atoms with Gasteiger partial charge < -0.3 is 0 Å². The number of thiophene rings is 1. The summed E-state index contributed by atoms with van der Waals surface area (Å²) < 4.78 is 28.8. The van der Waals surface area contributed by atoms with Gasteiger partial charge >= 0.3 is 0 Å². The van der Waals surface area contributed by atoms with Gasteiger partial charge in [0.2, 0.25) is 0 Å². The van der Waals surface area contributed by atoms with Crippen molar-refractivity contribution < 1.29 is 8.42 Å². The number of sulfonamides is 1. The second-order valence-corrected chi connectivity index (χ2v) is 9.00. The Bertz CT molecular complexity index is 682. The van der Waals surface area contributed by atoms with Gasteiger partial charge in [-0.1, -0.05) is 12.1 Å². The standard InChI is InChI=1S/C11H9BrINO2S2/c1-7-10(6-11(12)17-7)18(15,16)14-9-5-3-2-4-8(9)13/h2-6,14H,1H3. The van der Waals surface area contributed by atoms with Gasteiger partial charge in [-0.05, 0) is 63.6 Å². The summed E-state index contributed by atoms with van der Waals surface area (Å²) in [5.41, 5.74) is 0.597. The van der Waals surface area contributed by atoms with Gasteiger partial charge in [-0.3, -0.25) is 4.72 Å². The Morgan fingerprint density at radius 3 is 2.56 bits per heavy atom. The molecule has 7 heteroatoms. The van der Waals surface area contributed by atoms with E-state index in [0.29, 0.717) is 10.6 Å². The summed E-state index contributed by atoms with van der Waals surface area (Å²) >= 11 is 6.81. The molecule has 1 heterocycles. The van der Waals surface area contributed by atoms with E-state index < -0.39 is 10.0 Å². The maximum Gasteiger partial charge on any atom is 0.263 e. The quantitative estimate of drug-likeness (QED) is 0.701. The third-order valence-corrected chi connectivity index (χ3v) is 6.36. The molecule has 0 amide bonds. The number of para-hydroxylation sites is 1. The average molecular weight is 458 g/mol. The fraction of sp³-hybridized carbons (Fsp3) is 0.0909. The van der Waals surface area contributed by atoms with Crippen LogP contribution in [-0.4, -0.2) is 8.42 Å². The minimum atomic E-state index is -3.52. The molecule has 0 saturated carbocycles. The normalized spacial score (nSPS) is 11.5. The Morgan fingerprint density at radius 1 is 1.33 bits per heavy atom. The van der Waals surface area contributed by atoms with Crippen LogP contribution in [0, 0.1) is 10.5 Å². The second-order valence-electron chi connectivity index (χ2n) is 3.56. The summed E-state index contributed by atoms with van der Waals surface area (Å²) in [7, 11) is -3.52. The Balaban J connectivity index is 2.40. The molecule has 96 valence electrons. The van der Waals surface area contributed by atoms with E-state index in [2.05, 4.69) is 43.2 Å². The van der Waals surface area contributed by atoms with E-state index in [-0.39, 0.29) is 0 Å². The summed E-state index contributed by atoms with van der Waals surface area (Å²) in [4.78, 5) is 1.08. The first-order chi connectivity index (χ1) is 8.40. The molecule has 3 nitrogen and oxygen atoms in total. The Kier molecular flexibility index (Phi) is 4.35. The summed E-state index contributed by atoms with van der Waals surface area (Å²) in [6.45, 7) is 1.79. The molecule has 2 aromatic rings. The Morgan fingerprint density at radius 2 is 2.00 bits per heavy atom. The van der Waals surface area contributed by atoms with Crippen molar-refractivity contribution in [1.82, 2.24) is 0 Å². The van der Waals surface area contributed by atoms with E-state index in [0.717, 1.165) is 12.2 Å². The molecular weight excluding hydrogens is 449 g/mol. The molecule has 0 radical (unpaired) electrons. The van der Waals surface area contributed by atoms with Crippen LogP contribution in [0.1, 0.15) is 4.88 Å². The first-order valence-electron chi connectivity index (χ1n) is 4.93. The van der Waals surface area contributed by atoms with E-state index in [1.165, 1.54) is 11.3 Å². The van der Waals surface area contributed by atoms with Crippen LogP contribution < -0.4 is 4.72 Å². The Labute approximate surface area is 132 Å². The van der Waals surface area contributed by atoms with Gasteiger partial charge in [0.05, 0.1) is 9.47 Å². The summed E-state index contributed by atoms with van der Waals surface area (Å²) in [5.74, 6) is 0. The molecule has 1 aromatic heterocycles. The number of benzene rings is 1.